The van der Waals surface area contributed by atoms with E-state index in [4.69, 9.17) is 4.74 Å². The second kappa shape index (κ2) is 8.96. The fourth-order valence-corrected chi connectivity index (χ4v) is 4.42. The largest absolute Gasteiger partial charge is 0.497 e. The van der Waals surface area contributed by atoms with Crippen LogP contribution in [-0.4, -0.2) is 28.0 Å². The fraction of sp³-hybridized carbons (Fsp3) is 0.136. The van der Waals surface area contributed by atoms with Crippen molar-refractivity contribution < 1.29 is 22.3 Å². The molecule has 8 heteroatoms. The van der Waals surface area contributed by atoms with Gasteiger partial charge >= 0.3 is 0 Å². The van der Waals surface area contributed by atoms with Gasteiger partial charge in [-0.25, -0.2) is 12.8 Å². The summed E-state index contributed by atoms with van der Waals surface area (Å²) in [6.07, 6.45) is 0. The third kappa shape index (κ3) is 4.44. The zero-order valence-electron chi connectivity index (χ0n) is 16.5. The van der Waals surface area contributed by atoms with Crippen molar-refractivity contribution in [1.82, 2.24) is 0 Å². The van der Waals surface area contributed by atoms with Crippen LogP contribution in [0.1, 0.15) is 17.3 Å². The molecule has 0 spiro atoms. The number of amides is 1. The predicted octanol–water partition coefficient (Wildman–Crippen LogP) is 4.30. The normalized spacial score (nSPS) is 11.0. The molecule has 0 aliphatic rings. The monoisotopic (exact) mass is 428 g/mol. The summed E-state index contributed by atoms with van der Waals surface area (Å²) in [5, 5.41) is 2.56. The van der Waals surface area contributed by atoms with Crippen molar-refractivity contribution in [2.45, 2.75) is 11.8 Å². The van der Waals surface area contributed by atoms with Crippen LogP contribution >= 0.6 is 0 Å². The first-order valence-electron chi connectivity index (χ1n) is 9.19. The van der Waals surface area contributed by atoms with E-state index in [1.54, 1.807) is 61.5 Å². The molecule has 0 radical (unpaired) electrons. The highest BCUT2D eigenvalue weighted by Crippen LogP contribution is 2.25. The van der Waals surface area contributed by atoms with Crippen LogP contribution in [0.15, 0.2) is 77.7 Å². The van der Waals surface area contributed by atoms with Gasteiger partial charge in [-0.2, -0.15) is 0 Å². The molecular formula is C22H21FN2O4S. The quantitative estimate of drug-likeness (QED) is 0.609. The Labute approximate surface area is 175 Å². The summed E-state index contributed by atoms with van der Waals surface area (Å²) in [4.78, 5) is 12.4. The highest BCUT2D eigenvalue weighted by molar-refractivity contribution is 7.92. The van der Waals surface area contributed by atoms with E-state index >= 15 is 0 Å². The lowest BCUT2D eigenvalue weighted by molar-refractivity contribution is 0.102. The van der Waals surface area contributed by atoms with E-state index in [2.05, 4.69) is 5.32 Å². The standard InChI is InChI=1S/C22H21FN2O4S/c1-3-25(17-7-5-4-6-8-17)30(27,28)19-13-14-21(23)20(15-19)22(26)24-16-9-11-18(29-2)12-10-16/h4-15H,3H2,1-2H3,(H,24,26). The van der Waals surface area contributed by atoms with Gasteiger partial charge in [0.05, 0.1) is 23.3 Å². The molecule has 0 aliphatic heterocycles. The van der Waals surface area contributed by atoms with E-state index in [1.165, 1.54) is 11.4 Å². The average molecular weight is 428 g/mol. The number of hydrogen-bond donors (Lipinski definition) is 1. The summed E-state index contributed by atoms with van der Waals surface area (Å²) in [5.74, 6) is -0.965. The summed E-state index contributed by atoms with van der Waals surface area (Å²) in [5.41, 5.74) is 0.539. The SMILES string of the molecule is CCN(c1ccccc1)S(=O)(=O)c1ccc(F)c(C(=O)Nc2ccc(OC)cc2)c1. The van der Waals surface area contributed by atoms with Gasteiger partial charge in [0.25, 0.3) is 15.9 Å². The fourth-order valence-electron chi connectivity index (χ4n) is 2.92. The number of carbonyl (C=O) groups is 1. The van der Waals surface area contributed by atoms with E-state index in [-0.39, 0.29) is 17.0 Å². The van der Waals surface area contributed by atoms with Crippen LogP contribution in [0.4, 0.5) is 15.8 Å². The topological polar surface area (TPSA) is 75.7 Å². The lowest BCUT2D eigenvalue weighted by Crippen LogP contribution is -2.31. The minimum atomic E-state index is -3.99. The summed E-state index contributed by atoms with van der Waals surface area (Å²) >= 11 is 0. The molecule has 30 heavy (non-hydrogen) atoms. The Hall–Kier alpha value is -3.39. The van der Waals surface area contributed by atoms with E-state index in [9.17, 15) is 17.6 Å². The number of rotatable bonds is 7. The second-order valence-electron chi connectivity index (χ2n) is 6.33. The summed E-state index contributed by atoms with van der Waals surface area (Å²) in [6.45, 7) is 1.88. The van der Waals surface area contributed by atoms with Gasteiger partial charge in [0.15, 0.2) is 0 Å². The number of nitrogens with one attached hydrogen (secondary N) is 1. The molecule has 0 aliphatic carbocycles. The van der Waals surface area contributed by atoms with Gasteiger partial charge in [0.1, 0.15) is 11.6 Å². The number of hydrogen-bond acceptors (Lipinski definition) is 4. The predicted molar refractivity (Wildman–Crippen MR) is 114 cm³/mol. The van der Waals surface area contributed by atoms with Crippen molar-refractivity contribution in [3.63, 3.8) is 0 Å². The lowest BCUT2D eigenvalue weighted by atomic mass is 10.2. The highest BCUT2D eigenvalue weighted by atomic mass is 32.2. The lowest BCUT2D eigenvalue weighted by Gasteiger charge is -2.23. The molecule has 1 amide bonds. The molecule has 0 saturated heterocycles. The van der Waals surface area contributed by atoms with Gasteiger partial charge in [-0.3, -0.25) is 9.10 Å². The molecule has 3 aromatic rings. The second-order valence-corrected chi connectivity index (χ2v) is 8.19. The number of benzene rings is 3. The van der Waals surface area contributed by atoms with Gasteiger partial charge < -0.3 is 10.1 Å². The van der Waals surface area contributed by atoms with Crippen molar-refractivity contribution in [2.24, 2.45) is 0 Å². The Morgan fingerprint density at radius 2 is 1.70 bits per heavy atom. The number of para-hydroxylation sites is 1. The first kappa shape index (κ1) is 21.3. The number of anilines is 2. The molecule has 0 saturated carbocycles. The van der Waals surface area contributed by atoms with Gasteiger partial charge in [-0.15, -0.1) is 0 Å². The van der Waals surface area contributed by atoms with Crippen LogP contribution in [0.25, 0.3) is 0 Å². The number of sulfonamides is 1. The molecule has 0 atom stereocenters. The Balaban J connectivity index is 1.92. The molecule has 3 aromatic carbocycles. The number of carbonyl (C=O) groups excluding carboxylic acids is 1. The Morgan fingerprint density at radius 3 is 2.30 bits per heavy atom. The number of methoxy groups -OCH3 is 1. The minimum absolute atomic E-state index is 0.172. The first-order chi connectivity index (χ1) is 14.4. The molecule has 0 aromatic heterocycles. The molecular weight excluding hydrogens is 407 g/mol. The van der Waals surface area contributed by atoms with Crippen molar-refractivity contribution in [2.75, 3.05) is 23.3 Å². The number of halogens is 1. The van der Waals surface area contributed by atoms with Crippen molar-refractivity contribution in [3.8, 4) is 5.75 Å². The van der Waals surface area contributed by atoms with Crippen LogP contribution in [0.3, 0.4) is 0 Å². The van der Waals surface area contributed by atoms with Crippen LogP contribution < -0.4 is 14.4 Å². The van der Waals surface area contributed by atoms with Crippen molar-refractivity contribution in [3.05, 3.63) is 84.2 Å². The van der Waals surface area contributed by atoms with E-state index in [1.807, 2.05) is 0 Å². The molecule has 0 bridgehead atoms. The van der Waals surface area contributed by atoms with Gasteiger partial charge in [0, 0.05) is 12.2 Å². The van der Waals surface area contributed by atoms with Crippen LogP contribution in [0.5, 0.6) is 5.75 Å². The van der Waals surface area contributed by atoms with Crippen molar-refractivity contribution in [1.29, 1.82) is 0 Å². The summed E-state index contributed by atoms with van der Waals surface area (Å²) in [6, 6.07) is 18.2. The zero-order valence-corrected chi connectivity index (χ0v) is 17.3. The van der Waals surface area contributed by atoms with Gasteiger partial charge in [0.2, 0.25) is 0 Å². The average Bonchev–Trinajstić information content (AvgIpc) is 2.75. The van der Waals surface area contributed by atoms with Gasteiger partial charge in [-0.05, 0) is 61.5 Å². The maximum Gasteiger partial charge on any atom is 0.264 e. The van der Waals surface area contributed by atoms with Crippen LogP contribution in [-0.2, 0) is 10.0 Å². The molecule has 156 valence electrons. The highest BCUT2D eigenvalue weighted by Gasteiger charge is 2.26. The van der Waals surface area contributed by atoms with Crippen molar-refractivity contribution >= 4 is 27.3 Å². The Bertz CT molecular complexity index is 1130. The third-order valence-electron chi connectivity index (χ3n) is 4.45. The number of nitrogens with zero attached hydrogens (tertiary/aromatic N) is 1. The molecule has 3 rings (SSSR count). The molecule has 0 fully saturated rings. The first-order valence-corrected chi connectivity index (χ1v) is 10.6. The third-order valence-corrected chi connectivity index (χ3v) is 6.35. The van der Waals surface area contributed by atoms with Crippen LogP contribution in [0, 0.1) is 5.82 Å². The maximum atomic E-state index is 14.3. The molecule has 0 heterocycles. The molecule has 0 unspecified atom stereocenters. The van der Waals surface area contributed by atoms with Gasteiger partial charge in [-0.1, -0.05) is 18.2 Å². The molecule has 6 nitrogen and oxygen atoms in total. The maximum absolute atomic E-state index is 14.3. The Morgan fingerprint density at radius 1 is 1.03 bits per heavy atom. The smallest absolute Gasteiger partial charge is 0.264 e. The Kier molecular flexibility index (Phi) is 6.37. The number of ether oxygens (including phenoxy) is 1. The molecule has 1 N–H and O–H groups in total. The van der Waals surface area contributed by atoms with E-state index in [0.29, 0.717) is 17.1 Å². The zero-order chi connectivity index (χ0) is 21.7. The minimum Gasteiger partial charge on any atom is -0.497 e. The van der Waals surface area contributed by atoms with E-state index < -0.39 is 21.7 Å². The van der Waals surface area contributed by atoms with Crippen LogP contribution in [0.2, 0.25) is 0 Å². The summed E-state index contributed by atoms with van der Waals surface area (Å²) in [7, 11) is -2.47. The van der Waals surface area contributed by atoms with E-state index in [0.717, 1.165) is 18.2 Å². The summed E-state index contributed by atoms with van der Waals surface area (Å²) < 4.78 is 46.9.